The van der Waals surface area contributed by atoms with E-state index in [1.54, 1.807) is 0 Å². The number of hydrogen-bond donors (Lipinski definition) is 2. The van der Waals surface area contributed by atoms with E-state index >= 15 is 0 Å². The van der Waals surface area contributed by atoms with Crippen LogP contribution in [0.3, 0.4) is 0 Å². The van der Waals surface area contributed by atoms with Gasteiger partial charge in [0, 0.05) is 10.2 Å². The monoisotopic (exact) mass is 317 g/mol. The molecule has 0 radical (unpaired) electrons. The van der Waals surface area contributed by atoms with Crippen LogP contribution in [0.2, 0.25) is 0 Å². The minimum atomic E-state index is -0.900. The molecule has 2 unspecified atom stereocenters. The number of benzene rings is 2. The number of fused-ring (bicyclic) bond motifs is 1. The molecule has 0 fully saturated rings. The molecule has 2 aromatic rings. The first-order valence-corrected chi connectivity index (χ1v) is 7.19. The van der Waals surface area contributed by atoms with E-state index < -0.39 is 5.60 Å². The number of hydrogen-bond acceptors (Lipinski definition) is 2. The molecule has 0 aliphatic carbocycles. The molecule has 1 aliphatic rings. The zero-order chi connectivity index (χ0) is 13.5. The lowest BCUT2D eigenvalue weighted by molar-refractivity contribution is 0.0381. The quantitative estimate of drug-likeness (QED) is 0.885. The zero-order valence-electron chi connectivity index (χ0n) is 10.7. The zero-order valence-corrected chi connectivity index (χ0v) is 12.3. The summed E-state index contributed by atoms with van der Waals surface area (Å²) >= 11 is 3.46. The molecule has 0 amide bonds. The smallest absolute Gasteiger partial charge is 0.107 e. The van der Waals surface area contributed by atoms with Crippen LogP contribution in [0.15, 0.2) is 53.0 Å². The first kappa shape index (κ1) is 12.7. The van der Waals surface area contributed by atoms with Gasteiger partial charge in [0.25, 0.3) is 0 Å². The summed E-state index contributed by atoms with van der Waals surface area (Å²) < 4.78 is 0.987. The van der Waals surface area contributed by atoms with Gasteiger partial charge >= 0.3 is 0 Å². The molecule has 0 saturated heterocycles. The van der Waals surface area contributed by atoms with Gasteiger partial charge < -0.3 is 10.4 Å². The van der Waals surface area contributed by atoms with Crippen molar-refractivity contribution in [3.8, 4) is 0 Å². The lowest BCUT2D eigenvalue weighted by Gasteiger charge is -2.31. The van der Waals surface area contributed by atoms with E-state index in [0.717, 1.165) is 22.1 Å². The van der Waals surface area contributed by atoms with Crippen molar-refractivity contribution in [3.05, 3.63) is 64.1 Å². The molecule has 2 atom stereocenters. The SMILES string of the molecule is CC(O)(c1cccc(Br)c1)C1Cc2ccccc2N1. The van der Waals surface area contributed by atoms with Gasteiger partial charge in [-0.3, -0.25) is 0 Å². The number of rotatable bonds is 2. The number of para-hydroxylation sites is 1. The molecule has 2 aromatic carbocycles. The van der Waals surface area contributed by atoms with Gasteiger partial charge in [0.2, 0.25) is 0 Å². The van der Waals surface area contributed by atoms with Crippen molar-refractivity contribution in [2.24, 2.45) is 0 Å². The summed E-state index contributed by atoms with van der Waals surface area (Å²) in [4.78, 5) is 0. The molecule has 1 aliphatic heterocycles. The molecule has 19 heavy (non-hydrogen) atoms. The van der Waals surface area contributed by atoms with Crippen LogP contribution in [0.1, 0.15) is 18.1 Å². The summed E-state index contributed by atoms with van der Waals surface area (Å²) in [5, 5.41) is 14.3. The molecular formula is C16H16BrNO. The van der Waals surface area contributed by atoms with Crippen molar-refractivity contribution in [3.63, 3.8) is 0 Å². The Bertz CT molecular complexity index is 584. The molecule has 2 N–H and O–H groups in total. The summed E-state index contributed by atoms with van der Waals surface area (Å²) in [6, 6.07) is 16.1. The van der Waals surface area contributed by atoms with Gasteiger partial charge in [-0.05, 0) is 42.7 Å². The fourth-order valence-corrected chi connectivity index (χ4v) is 3.04. The van der Waals surface area contributed by atoms with Crippen LogP contribution in [0.4, 0.5) is 5.69 Å². The highest BCUT2D eigenvalue weighted by molar-refractivity contribution is 9.10. The highest BCUT2D eigenvalue weighted by atomic mass is 79.9. The third kappa shape index (κ3) is 2.28. The molecule has 1 heterocycles. The third-order valence-electron chi connectivity index (χ3n) is 3.86. The molecular weight excluding hydrogens is 302 g/mol. The van der Waals surface area contributed by atoms with Crippen LogP contribution >= 0.6 is 15.9 Å². The van der Waals surface area contributed by atoms with E-state index in [9.17, 15) is 5.11 Å². The fourth-order valence-electron chi connectivity index (χ4n) is 2.64. The van der Waals surface area contributed by atoms with E-state index in [1.165, 1.54) is 5.56 Å². The number of aliphatic hydroxyl groups is 1. The molecule has 0 saturated carbocycles. The van der Waals surface area contributed by atoms with Gasteiger partial charge in [0.15, 0.2) is 0 Å². The summed E-state index contributed by atoms with van der Waals surface area (Å²) in [6.45, 7) is 1.87. The first-order valence-electron chi connectivity index (χ1n) is 6.40. The number of nitrogens with one attached hydrogen (secondary N) is 1. The maximum Gasteiger partial charge on any atom is 0.107 e. The summed E-state index contributed by atoms with van der Waals surface area (Å²) in [6.07, 6.45) is 0.843. The lowest BCUT2D eigenvalue weighted by atomic mass is 9.86. The first-order chi connectivity index (χ1) is 9.07. The van der Waals surface area contributed by atoms with Crippen LogP contribution < -0.4 is 5.32 Å². The van der Waals surface area contributed by atoms with Crippen molar-refractivity contribution < 1.29 is 5.11 Å². The van der Waals surface area contributed by atoms with E-state index in [4.69, 9.17) is 0 Å². The van der Waals surface area contributed by atoms with E-state index in [-0.39, 0.29) is 6.04 Å². The average Bonchev–Trinajstić information content (AvgIpc) is 2.83. The average molecular weight is 318 g/mol. The van der Waals surface area contributed by atoms with Crippen molar-refractivity contribution in [1.29, 1.82) is 0 Å². The highest BCUT2D eigenvalue weighted by Gasteiger charge is 2.37. The summed E-state index contributed by atoms with van der Waals surface area (Å²) in [5.41, 5.74) is 2.42. The highest BCUT2D eigenvalue weighted by Crippen LogP contribution is 2.36. The van der Waals surface area contributed by atoms with Crippen LogP contribution in [0, 0.1) is 0 Å². The maximum atomic E-state index is 10.9. The van der Waals surface area contributed by atoms with E-state index in [2.05, 4.69) is 33.4 Å². The second kappa shape index (κ2) is 4.66. The maximum absolute atomic E-state index is 10.9. The van der Waals surface area contributed by atoms with Gasteiger partial charge in [0.05, 0.1) is 6.04 Å². The normalized spacial score (nSPS) is 20.5. The van der Waals surface area contributed by atoms with Crippen LogP contribution in [-0.2, 0) is 12.0 Å². The standard InChI is InChI=1S/C16H16BrNO/c1-16(19,12-6-4-7-13(17)10-12)15-9-11-5-2-3-8-14(11)18-15/h2-8,10,15,18-19H,9H2,1H3. The summed E-state index contributed by atoms with van der Waals surface area (Å²) in [7, 11) is 0. The Labute approximate surface area is 121 Å². The molecule has 98 valence electrons. The van der Waals surface area contributed by atoms with Gasteiger partial charge in [-0.1, -0.05) is 46.3 Å². The van der Waals surface area contributed by atoms with Crippen molar-refractivity contribution in [2.75, 3.05) is 5.32 Å². The van der Waals surface area contributed by atoms with Gasteiger partial charge in [-0.2, -0.15) is 0 Å². The third-order valence-corrected chi connectivity index (χ3v) is 4.35. The predicted molar refractivity (Wildman–Crippen MR) is 81.3 cm³/mol. The second-order valence-corrected chi connectivity index (χ2v) is 6.13. The second-order valence-electron chi connectivity index (χ2n) is 5.22. The van der Waals surface area contributed by atoms with Crippen LogP contribution in [0.25, 0.3) is 0 Å². The minimum absolute atomic E-state index is 0.000741. The van der Waals surface area contributed by atoms with Crippen molar-refractivity contribution >= 4 is 21.6 Å². The Morgan fingerprint density at radius 3 is 2.74 bits per heavy atom. The van der Waals surface area contributed by atoms with Crippen molar-refractivity contribution in [2.45, 2.75) is 25.0 Å². The summed E-state index contributed by atoms with van der Waals surface area (Å²) in [5.74, 6) is 0. The van der Waals surface area contributed by atoms with Gasteiger partial charge in [-0.15, -0.1) is 0 Å². The molecule has 2 nitrogen and oxygen atoms in total. The number of halogens is 1. The Hall–Kier alpha value is -1.32. The van der Waals surface area contributed by atoms with Gasteiger partial charge in [0.1, 0.15) is 5.60 Å². The molecule has 0 aromatic heterocycles. The Morgan fingerprint density at radius 2 is 2.00 bits per heavy atom. The van der Waals surface area contributed by atoms with Crippen LogP contribution in [-0.4, -0.2) is 11.1 Å². The largest absolute Gasteiger partial charge is 0.383 e. The van der Waals surface area contributed by atoms with Crippen LogP contribution in [0.5, 0.6) is 0 Å². The molecule has 0 bridgehead atoms. The number of anilines is 1. The van der Waals surface area contributed by atoms with E-state index in [0.29, 0.717) is 0 Å². The van der Waals surface area contributed by atoms with Gasteiger partial charge in [-0.25, -0.2) is 0 Å². The predicted octanol–water partition coefficient (Wildman–Crippen LogP) is 3.69. The Morgan fingerprint density at radius 1 is 1.21 bits per heavy atom. The molecule has 3 rings (SSSR count). The van der Waals surface area contributed by atoms with E-state index in [1.807, 2.05) is 43.3 Å². The topological polar surface area (TPSA) is 32.3 Å². The molecule has 0 spiro atoms. The lowest BCUT2D eigenvalue weighted by Crippen LogP contribution is -2.40. The van der Waals surface area contributed by atoms with Crippen molar-refractivity contribution in [1.82, 2.24) is 0 Å². The Balaban J connectivity index is 1.91. The fraction of sp³-hybridized carbons (Fsp3) is 0.250. The Kier molecular flexibility index (Phi) is 3.11. The molecule has 3 heteroatoms. The minimum Gasteiger partial charge on any atom is -0.383 e.